The fourth-order valence-corrected chi connectivity index (χ4v) is 18.0. The highest BCUT2D eigenvalue weighted by molar-refractivity contribution is 6.00. The second kappa shape index (κ2) is 28.2. The first-order chi connectivity index (χ1) is 56.5. The van der Waals surface area contributed by atoms with Crippen molar-refractivity contribution in [2.75, 3.05) is 0 Å². The molecule has 0 saturated heterocycles. The van der Waals surface area contributed by atoms with Crippen LogP contribution in [0.15, 0.2) is 425 Å². The summed E-state index contributed by atoms with van der Waals surface area (Å²) in [7, 11) is 0. The van der Waals surface area contributed by atoms with Crippen LogP contribution in [-0.4, -0.2) is 29.9 Å². The smallest absolute Gasteiger partial charge is 0.164 e. The van der Waals surface area contributed by atoms with Crippen molar-refractivity contribution in [3.05, 3.63) is 469 Å². The van der Waals surface area contributed by atoms with Crippen molar-refractivity contribution in [3.63, 3.8) is 0 Å². The minimum Gasteiger partial charge on any atom is -0.208 e. The van der Waals surface area contributed by atoms with Crippen LogP contribution < -0.4 is 0 Å². The summed E-state index contributed by atoms with van der Waals surface area (Å²) in [6.45, 7) is 0. The number of fused-ring (bicyclic) bond motifs is 10. The summed E-state index contributed by atoms with van der Waals surface area (Å²) in [6.07, 6.45) is 0. The van der Waals surface area contributed by atoms with Gasteiger partial charge in [0.2, 0.25) is 0 Å². The molecule has 2 heterocycles. The van der Waals surface area contributed by atoms with E-state index in [9.17, 15) is 0 Å². The average Bonchev–Trinajstić information content (AvgIpc) is 1.55. The van der Waals surface area contributed by atoms with E-state index >= 15 is 0 Å². The van der Waals surface area contributed by atoms with Gasteiger partial charge in [-0.05, 0) is 150 Å². The predicted molar refractivity (Wildman–Crippen MR) is 468 cm³/mol. The lowest BCUT2D eigenvalue weighted by molar-refractivity contribution is 0.768. The molecule has 2 aliphatic rings. The maximum atomic E-state index is 5.18. The Labute approximate surface area is 661 Å². The van der Waals surface area contributed by atoms with Crippen molar-refractivity contribution in [1.82, 2.24) is 29.9 Å². The van der Waals surface area contributed by atoms with Crippen LogP contribution in [0.25, 0.3) is 156 Å². The zero-order chi connectivity index (χ0) is 75.5. The van der Waals surface area contributed by atoms with E-state index in [2.05, 4.69) is 425 Å². The van der Waals surface area contributed by atoms with Crippen LogP contribution in [0, 0.1) is 0 Å². The van der Waals surface area contributed by atoms with Gasteiger partial charge in [-0.1, -0.05) is 406 Å². The summed E-state index contributed by atoms with van der Waals surface area (Å²) in [5, 5.41) is 9.17. The molecule has 0 unspecified atom stereocenters. The van der Waals surface area contributed by atoms with Crippen LogP contribution in [0.1, 0.15) is 44.5 Å². The van der Waals surface area contributed by atoms with Gasteiger partial charge in [0, 0.05) is 33.4 Å². The fraction of sp³-hybridized carbons (Fsp3) is 0.0185. The molecule has 18 aromatic carbocycles. The van der Waals surface area contributed by atoms with E-state index in [-0.39, 0.29) is 0 Å². The van der Waals surface area contributed by atoms with E-state index in [1.165, 1.54) is 83.1 Å². The van der Waals surface area contributed by atoms with E-state index < -0.39 is 10.8 Å². The first-order valence-electron chi connectivity index (χ1n) is 38.9. The Hall–Kier alpha value is -15.0. The molecule has 0 amide bonds. The van der Waals surface area contributed by atoms with Crippen LogP contribution in [0.4, 0.5) is 0 Å². The molecule has 0 fully saturated rings. The van der Waals surface area contributed by atoms with Gasteiger partial charge >= 0.3 is 0 Å². The number of aromatic nitrogens is 6. The third-order valence-electron chi connectivity index (χ3n) is 23.2. The maximum absolute atomic E-state index is 5.18. The highest BCUT2D eigenvalue weighted by Gasteiger charge is 2.48. The first-order valence-corrected chi connectivity index (χ1v) is 38.9. The summed E-state index contributed by atoms with van der Waals surface area (Å²) in [5.74, 6) is 3.88. The van der Waals surface area contributed by atoms with Crippen molar-refractivity contribution in [3.8, 4) is 113 Å². The van der Waals surface area contributed by atoms with E-state index in [4.69, 9.17) is 29.9 Å². The van der Waals surface area contributed by atoms with Crippen LogP contribution in [-0.2, 0) is 10.8 Å². The molecule has 2 aromatic heterocycles. The Morgan fingerprint density at radius 1 is 0.149 bits per heavy atom. The zero-order valence-corrected chi connectivity index (χ0v) is 62.1. The monoisotopic (exact) mass is 1450 g/mol. The van der Waals surface area contributed by atoms with Crippen molar-refractivity contribution in [2.45, 2.75) is 10.8 Å². The van der Waals surface area contributed by atoms with E-state index in [1.54, 1.807) is 0 Å². The van der Waals surface area contributed by atoms with Crippen molar-refractivity contribution in [1.29, 1.82) is 0 Å². The largest absolute Gasteiger partial charge is 0.208 e. The lowest BCUT2D eigenvalue weighted by Gasteiger charge is -2.34. The summed E-state index contributed by atoms with van der Waals surface area (Å²) < 4.78 is 0. The number of hydrogen-bond donors (Lipinski definition) is 0. The van der Waals surface area contributed by atoms with Gasteiger partial charge in [0.05, 0.1) is 10.8 Å². The Morgan fingerprint density at radius 3 is 0.956 bits per heavy atom. The number of nitrogens with zero attached hydrogens (tertiary/aromatic N) is 6. The Balaban J connectivity index is 0.000000143. The van der Waals surface area contributed by atoms with Crippen LogP contribution in [0.3, 0.4) is 0 Å². The van der Waals surface area contributed by atoms with Gasteiger partial charge in [0.1, 0.15) is 0 Å². The average molecular weight is 1450 g/mol. The van der Waals surface area contributed by atoms with Crippen LogP contribution in [0.5, 0.6) is 0 Å². The lowest BCUT2D eigenvalue weighted by atomic mass is 9.67. The molecule has 0 spiro atoms. The van der Waals surface area contributed by atoms with Gasteiger partial charge in [0.15, 0.2) is 34.9 Å². The highest BCUT2D eigenvalue weighted by atomic mass is 15.0. The third kappa shape index (κ3) is 11.4. The third-order valence-corrected chi connectivity index (χ3v) is 23.2. The normalized spacial score (nSPS) is 12.7. The van der Waals surface area contributed by atoms with E-state index in [1.807, 2.05) is 0 Å². The standard InChI is InChI=1S/2C54H35N3/c1-3-20-40(21-4-1)54(41-22-5-2-6-23-41)48-30-12-11-26-47(48)50-44(27-15-31-49(50)54)38-32-34-39(35-33-38)51-55-52(45-28-13-18-36-16-7-9-24-42(36)45)57-53(56-51)46-29-14-19-37-17-8-10-25-43(37)46;1-3-17-45(18-4-1)54(46-19-5-2-6-20-46)49-22-12-11-21-47(49)48-32-31-42(35-50(48)54)38-23-27-39(28-24-38)51-55-52(43-29-25-36-13-7-9-15-40(36)33-43)57-53(56-51)44-30-26-37-14-8-10-16-41(37)34-44/h2*1-35H. The summed E-state index contributed by atoms with van der Waals surface area (Å²) >= 11 is 0. The maximum Gasteiger partial charge on any atom is 0.164 e. The second-order valence-corrected chi connectivity index (χ2v) is 29.5. The molecular formula is C108H70N6. The fourth-order valence-electron chi connectivity index (χ4n) is 18.0. The Bertz CT molecular complexity index is 6800. The topological polar surface area (TPSA) is 77.3 Å². The molecule has 6 heteroatoms. The summed E-state index contributed by atoms with van der Waals surface area (Å²) in [4.78, 5) is 30.8. The first kappa shape index (κ1) is 67.2. The van der Waals surface area contributed by atoms with Gasteiger partial charge in [0.25, 0.3) is 0 Å². The van der Waals surface area contributed by atoms with Gasteiger partial charge in [-0.25, -0.2) is 29.9 Å². The van der Waals surface area contributed by atoms with E-state index in [0.29, 0.717) is 34.9 Å². The van der Waals surface area contributed by atoms with Crippen LogP contribution in [0.2, 0.25) is 0 Å². The molecule has 0 radical (unpaired) electrons. The van der Waals surface area contributed by atoms with E-state index in [0.717, 1.165) is 82.4 Å². The minimum absolute atomic E-state index is 0.451. The highest BCUT2D eigenvalue weighted by Crippen LogP contribution is 2.60. The zero-order valence-electron chi connectivity index (χ0n) is 62.1. The molecule has 0 atom stereocenters. The second-order valence-electron chi connectivity index (χ2n) is 29.5. The van der Waals surface area contributed by atoms with Crippen molar-refractivity contribution < 1.29 is 0 Å². The molecule has 0 saturated carbocycles. The SMILES string of the molecule is c1ccc(C2(c3ccccc3)c3ccccc3-c3c(-c4ccc(-c5nc(-c6cccc7ccccc67)nc(-c6cccc7ccccc67)n5)cc4)cccc32)cc1.c1ccc(C2(c3ccccc3)c3ccccc3-c3ccc(-c4ccc(-c5nc(-c6ccc7ccccc7c6)nc(-c6ccc7ccccc7c6)n5)cc4)cc32)cc1. The molecular weight excluding hydrogens is 1380 g/mol. The molecule has 20 aromatic rings. The molecule has 0 bridgehead atoms. The lowest BCUT2D eigenvalue weighted by Crippen LogP contribution is -2.28. The Kier molecular flexibility index (Phi) is 16.6. The Morgan fingerprint density at radius 2 is 0.456 bits per heavy atom. The molecule has 114 heavy (non-hydrogen) atoms. The van der Waals surface area contributed by atoms with Crippen molar-refractivity contribution >= 4 is 43.1 Å². The number of hydrogen-bond acceptors (Lipinski definition) is 6. The summed E-state index contributed by atoms with van der Waals surface area (Å²) in [6, 6.07) is 152. The summed E-state index contributed by atoms with van der Waals surface area (Å²) in [5.41, 5.74) is 24.8. The van der Waals surface area contributed by atoms with Gasteiger partial charge in [-0.3, -0.25) is 0 Å². The number of rotatable bonds is 12. The van der Waals surface area contributed by atoms with Crippen molar-refractivity contribution in [2.24, 2.45) is 0 Å². The molecule has 22 rings (SSSR count). The quantitative estimate of drug-likeness (QED) is 0.121. The molecule has 2 aliphatic carbocycles. The predicted octanol–water partition coefficient (Wildman–Crippen LogP) is 26.4. The minimum atomic E-state index is -0.453. The van der Waals surface area contributed by atoms with Gasteiger partial charge in [-0.15, -0.1) is 0 Å². The van der Waals surface area contributed by atoms with Crippen LogP contribution >= 0.6 is 0 Å². The molecule has 0 aliphatic heterocycles. The molecule has 6 nitrogen and oxygen atoms in total. The molecule has 0 N–H and O–H groups in total. The van der Waals surface area contributed by atoms with Gasteiger partial charge < -0.3 is 0 Å². The molecule has 532 valence electrons. The number of benzene rings is 18. The van der Waals surface area contributed by atoms with Gasteiger partial charge in [-0.2, -0.15) is 0 Å².